The van der Waals surface area contributed by atoms with Crippen molar-refractivity contribution < 1.29 is 14.3 Å². The molecule has 5 heteroatoms. The van der Waals surface area contributed by atoms with Crippen LogP contribution < -0.4 is 5.73 Å². The highest BCUT2D eigenvalue weighted by Gasteiger charge is 2.02. The maximum Gasteiger partial charge on any atom is 0.170 e. The summed E-state index contributed by atoms with van der Waals surface area (Å²) in [7, 11) is 0. The first kappa shape index (κ1) is 14.0. The Morgan fingerprint density at radius 2 is 1.80 bits per heavy atom. The molecule has 0 unspecified atom stereocenters. The maximum absolute atomic E-state index is 13.4. The molecule has 2 rings (SSSR count). The molecule has 0 heterocycles. The first-order valence-electron chi connectivity index (χ1n) is 6.08. The number of nitrogens with zero attached hydrogens (tertiary/aromatic N) is 1. The van der Waals surface area contributed by atoms with Crippen LogP contribution in [0.3, 0.4) is 0 Å². The first-order chi connectivity index (χ1) is 9.70. The molecule has 0 atom stereocenters. The summed E-state index contributed by atoms with van der Waals surface area (Å²) >= 11 is 0. The third-order valence-corrected chi connectivity index (χ3v) is 2.84. The van der Waals surface area contributed by atoms with Crippen molar-refractivity contribution in [3.05, 3.63) is 71.0 Å². The van der Waals surface area contributed by atoms with Gasteiger partial charge in [-0.3, -0.25) is 0 Å². The van der Waals surface area contributed by atoms with Gasteiger partial charge >= 0.3 is 0 Å². The molecule has 0 radical (unpaired) electrons. The normalized spacial score (nSPS) is 11.6. The molecule has 0 fully saturated rings. The third kappa shape index (κ3) is 3.55. The summed E-state index contributed by atoms with van der Waals surface area (Å²) in [6.07, 6.45) is 0. The molecule has 0 saturated carbocycles. The molecule has 0 aliphatic rings. The van der Waals surface area contributed by atoms with E-state index in [2.05, 4.69) is 5.16 Å². The Balaban J connectivity index is 1.90. The van der Waals surface area contributed by atoms with Gasteiger partial charge < -0.3 is 15.7 Å². The zero-order valence-corrected chi connectivity index (χ0v) is 10.8. The third-order valence-electron chi connectivity index (χ3n) is 2.84. The molecular formula is C15H15FN2O2. The summed E-state index contributed by atoms with van der Waals surface area (Å²) in [6, 6.07) is 13.6. The van der Waals surface area contributed by atoms with Crippen LogP contribution in [-0.4, -0.2) is 11.0 Å². The lowest BCUT2D eigenvalue weighted by atomic mass is 10.1. The molecule has 0 aliphatic carbocycles. The highest BCUT2D eigenvalue weighted by atomic mass is 19.1. The molecule has 2 aromatic carbocycles. The van der Waals surface area contributed by atoms with Gasteiger partial charge in [0.2, 0.25) is 0 Å². The fourth-order valence-electron chi connectivity index (χ4n) is 1.72. The Bertz CT molecular complexity index is 597. The van der Waals surface area contributed by atoms with E-state index < -0.39 is 0 Å². The summed E-state index contributed by atoms with van der Waals surface area (Å²) < 4.78 is 18.8. The van der Waals surface area contributed by atoms with Crippen molar-refractivity contribution >= 4 is 5.84 Å². The van der Waals surface area contributed by atoms with Crippen LogP contribution in [0.1, 0.15) is 16.7 Å². The molecule has 0 amide bonds. The molecule has 0 aliphatic heterocycles. The topological polar surface area (TPSA) is 67.8 Å². The molecule has 0 aromatic heterocycles. The van der Waals surface area contributed by atoms with Crippen LogP contribution in [0, 0.1) is 5.82 Å². The summed E-state index contributed by atoms with van der Waals surface area (Å²) in [6.45, 7) is 0.583. The van der Waals surface area contributed by atoms with Gasteiger partial charge in [0.1, 0.15) is 5.82 Å². The predicted octanol–water partition coefficient (Wildman–Crippen LogP) is 2.64. The minimum atomic E-state index is -0.269. The Morgan fingerprint density at radius 3 is 2.45 bits per heavy atom. The van der Waals surface area contributed by atoms with Gasteiger partial charge in [-0.2, -0.15) is 0 Å². The van der Waals surface area contributed by atoms with E-state index in [1.807, 2.05) is 12.1 Å². The van der Waals surface area contributed by atoms with Crippen molar-refractivity contribution in [3.63, 3.8) is 0 Å². The van der Waals surface area contributed by atoms with Crippen molar-refractivity contribution in [1.29, 1.82) is 0 Å². The standard InChI is InChI=1S/C15H15FN2O2/c16-14-4-2-1-3-13(14)10-20-9-11-5-7-12(8-6-11)15(17)18-19/h1-8,19H,9-10H2,(H2,17,18). The number of hydrogen-bond acceptors (Lipinski definition) is 3. The minimum Gasteiger partial charge on any atom is -0.409 e. The summed E-state index contributed by atoms with van der Waals surface area (Å²) in [5, 5.41) is 11.5. The van der Waals surface area contributed by atoms with E-state index in [9.17, 15) is 4.39 Å². The SMILES string of the molecule is NC(=NO)c1ccc(COCc2ccccc2F)cc1. The molecule has 0 saturated heterocycles. The second-order valence-corrected chi connectivity index (χ2v) is 4.27. The lowest BCUT2D eigenvalue weighted by molar-refractivity contribution is 0.105. The average molecular weight is 274 g/mol. The molecular weight excluding hydrogens is 259 g/mol. The summed E-state index contributed by atoms with van der Waals surface area (Å²) in [5.74, 6) is -0.210. The molecule has 104 valence electrons. The number of nitrogens with two attached hydrogens (primary N) is 1. The van der Waals surface area contributed by atoms with Crippen LogP contribution in [0.4, 0.5) is 4.39 Å². The lowest BCUT2D eigenvalue weighted by Gasteiger charge is -2.06. The molecule has 20 heavy (non-hydrogen) atoms. The maximum atomic E-state index is 13.4. The van der Waals surface area contributed by atoms with E-state index in [4.69, 9.17) is 15.7 Å². The molecule has 2 aromatic rings. The highest BCUT2D eigenvalue weighted by Crippen LogP contribution is 2.10. The zero-order valence-electron chi connectivity index (χ0n) is 10.8. The van der Waals surface area contributed by atoms with Crippen LogP contribution in [0.2, 0.25) is 0 Å². The van der Waals surface area contributed by atoms with Gasteiger partial charge in [0.05, 0.1) is 13.2 Å². The van der Waals surface area contributed by atoms with Gasteiger partial charge in [0.25, 0.3) is 0 Å². The quantitative estimate of drug-likeness (QED) is 0.381. The van der Waals surface area contributed by atoms with Gasteiger partial charge in [-0.05, 0) is 11.6 Å². The second kappa shape index (κ2) is 6.68. The van der Waals surface area contributed by atoms with E-state index >= 15 is 0 Å². The Hall–Kier alpha value is -2.40. The summed E-state index contributed by atoms with van der Waals surface area (Å²) in [4.78, 5) is 0. The number of rotatable bonds is 5. The Morgan fingerprint density at radius 1 is 1.10 bits per heavy atom. The number of ether oxygens (including phenoxy) is 1. The van der Waals surface area contributed by atoms with Gasteiger partial charge in [0, 0.05) is 11.1 Å². The van der Waals surface area contributed by atoms with E-state index in [1.165, 1.54) is 6.07 Å². The van der Waals surface area contributed by atoms with Crippen molar-refractivity contribution in [2.24, 2.45) is 10.9 Å². The van der Waals surface area contributed by atoms with Gasteiger partial charge in [-0.15, -0.1) is 0 Å². The van der Waals surface area contributed by atoms with Crippen LogP contribution in [0.15, 0.2) is 53.7 Å². The number of oxime groups is 1. The van der Waals surface area contributed by atoms with E-state index in [1.54, 1.807) is 30.3 Å². The predicted molar refractivity (Wildman–Crippen MR) is 73.8 cm³/mol. The van der Waals surface area contributed by atoms with Crippen LogP contribution >= 0.6 is 0 Å². The fourth-order valence-corrected chi connectivity index (χ4v) is 1.72. The average Bonchev–Trinajstić information content (AvgIpc) is 2.49. The molecule has 4 nitrogen and oxygen atoms in total. The Labute approximate surface area is 116 Å². The van der Waals surface area contributed by atoms with Crippen molar-refractivity contribution in [1.82, 2.24) is 0 Å². The Kier molecular flexibility index (Phi) is 4.68. The number of amidine groups is 1. The molecule has 3 N–H and O–H groups in total. The number of benzene rings is 2. The van der Waals surface area contributed by atoms with E-state index in [0.717, 1.165) is 5.56 Å². The largest absolute Gasteiger partial charge is 0.409 e. The second-order valence-electron chi connectivity index (χ2n) is 4.27. The first-order valence-corrected chi connectivity index (χ1v) is 6.08. The van der Waals surface area contributed by atoms with Crippen LogP contribution in [-0.2, 0) is 18.0 Å². The minimum absolute atomic E-state index is 0.0591. The molecule has 0 spiro atoms. The summed E-state index contributed by atoms with van der Waals surface area (Å²) in [5.41, 5.74) is 7.55. The van der Waals surface area contributed by atoms with Crippen LogP contribution in [0.5, 0.6) is 0 Å². The monoisotopic (exact) mass is 274 g/mol. The van der Waals surface area contributed by atoms with Gasteiger partial charge in [0.15, 0.2) is 5.84 Å². The van der Waals surface area contributed by atoms with Gasteiger partial charge in [-0.25, -0.2) is 4.39 Å². The zero-order chi connectivity index (χ0) is 14.4. The lowest BCUT2D eigenvalue weighted by Crippen LogP contribution is -2.12. The van der Waals surface area contributed by atoms with Crippen molar-refractivity contribution in [2.75, 3.05) is 0 Å². The fraction of sp³-hybridized carbons (Fsp3) is 0.133. The van der Waals surface area contributed by atoms with Crippen molar-refractivity contribution in [3.8, 4) is 0 Å². The molecule has 0 bridgehead atoms. The number of halogens is 1. The van der Waals surface area contributed by atoms with E-state index in [0.29, 0.717) is 17.7 Å². The smallest absolute Gasteiger partial charge is 0.170 e. The highest BCUT2D eigenvalue weighted by molar-refractivity contribution is 5.96. The van der Waals surface area contributed by atoms with Gasteiger partial charge in [-0.1, -0.05) is 47.6 Å². The van der Waals surface area contributed by atoms with Crippen molar-refractivity contribution in [2.45, 2.75) is 13.2 Å². The number of hydrogen-bond donors (Lipinski definition) is 2. The van der Waals surface area contributed by atoms with Crippen LogP contribution in [0.25, 0.3) is 0 Å². The van der Waals surface area contributed by atoms with E-state index in [-0.39, 0.29) is 18.3 Å².